The first-order valence-corrected chi connectivity index (χ1v) is 8.13. The van der Waals surface area contributed by atoms with Gasteiger partial charge in [0.05, 0.1) is 5.02 Å². The quantitative estimate of drug-likeness (QED) is 0.877. The van der Waals surface area contributed by atoms with E-state index in [0.29, 0.717) is 30.5 Å². The molecule has 1 fully saturated rings. The van der Waals surface area contributed by atoms with E-state index in [4.69, 9.17) is 26.8 Å². The summed E-state index contributed by atoms with van der Waals surface area (Å²) in [6.45, 7) is 5.99. The molecule has 0 amide bonds. The Morgan fingerprint density at radius 3 is 2.76 bits per heavy atom. The highest BCUT2D eigenvalue weighted by molar-refractivity contribution is 6.32. The summed E-state index contributed by atoms with van der Waals surface area (Å²) in [6.07, 6.45) is 2.69. The molecule has 1 heterocycles. The Bertz CT molecular complexity index is 505. The standard InChI is InChI=1S/C16H23ClN2O2/c1-2-19(10-11-3-4-11)14(9-18)12-7-13(17)16-15(8-12)20-5-6-21-16/h7-8,11,14H,2-6,9-10,18H2,1H3. The van der Waals surface area contributed by atoms with Crippen LogP contribution in [0.3, 0.4) is 0 Å². The number of fused-ring (bicyclic) bond motifs is 1. The first kappa shape index (κ1) is 14.9. The molecule has 0 bridgehead atoms. The van der Waals surface area contributed by atoms with Crippen molar-refractivity contribution < 1.29 is 9.47 Å². The lowest BCUT2D eigenvalue weighted by Crippen LogP contribution is -2.35. The van der Waals surface area contributed by atoms with E-state index in [2.05, 4.69) is 11.8 Å². The SMILES string of the molecule is CCN(CC1CC1)C(CN)c1cc(Cl)c2c(c1)OCCO2. The summed E-state index contributed by atoms with van der Waals surface area (Å²) < 4.78 is 11.3. The van der Waals surface area contributed by atoms with Crippen LogP contribution in [0, 0.1) is 5.92 Å². The van der Waals surface area contributed by atoms with Gasteiger partial charge < -0.3 is 15.2 Å². The summed E-state index contributed by atoms with van der Waals surface area (Å²) in [5.74, 6) is 2.24. The molecule has 1 aliphatic heterocycles. The summed E-state index contributed by atoms with van der Waals surface area (Å²) in [5, 5.41) is 0.614. The highest BCUT2D eigenvalue weighted by Gasteiger charge is 2.28. The lowest BCUT2D eigenvalue weighted by atomic mass is 10.0. The Balaban J connectivity index is 1.86. The molecular weight excluding hydrogens is 288 g/mol. The predicted molar refractivity (Wildman–Crippen MR) is 84.2 cm³/mol. The highest BCUT2D eigenvalue weighted by atomic mass is 35.5. The molecule has 0 saturated heterocycles. The number of nitrogens with zero attached hydrogens (tertiary/aromatic N) is 1. The van der Waals surface area contributed by atoms with Gasteiger partial charge in [0.2, 0.25) is 0 Å². The first-order valence-electron chi connectivity index (χ1n) is 7.76. The number of rotatable bonds is 6. The Hall–Kier alpha value is -0.970. The van der Waals surface area contributed by atoms with Crippen LogP contribution in [0.1, 0.15) is 31.4 Å². The van der Waals surface area contributed by atoms with Crippen molar-refractivity contribution in [1.82, 2.24) is 4.90 Å². The van der Waals surface area contributed by atoms with Crippen molar-refractivity contribution in [2.45, 2.75) is 25.8 Å². The van der Waals surface area contributed by atoms with Gasteiger partial charge in [0.1, 0.15) is 13.2 Å². The molecule has 21 heavy (non-hydrogen) atoms. The van der Waals surface area contributed by atoms with E-state index in [1.807, 2.05) is 12.1 Å². The van der Waals surface area contributed by atoms with Gasteiger partial charge in [-0.1, -0.05) is 18.5 Å². The molecule has 1 saturated carbocycles. The first-order chi connectivity index (χ1) is 10.2. The largest absolute Gasteiger partial charge is 0.486 e. The number of benzene rings is 1. The van der Waals surface area contributed by atoms with E-state index in [1.54, 1.807) is 0 Å². The molecule has 116 valence electrons. The molecule has 5 heteroatoms. The van der Waals surface area contributed by atoms with E-state index in [1.165, 1.54) is 12.8 Å². The zero-order chi connectivity index (χ0) is 14.8. The number of likely N-dealkylation sites (N-methyl/N-ethyl adjacent to an activating group) is 1. The zero-order valence-corrected chi connectivity index (χ0v) is 13.2. The summed E-state index contributed by atoms with van der Waals surface area (Å²) in [7, 11) is 0. The van der Waals surface area contributed by atoms with Gasteiger partial charge in [-0.3, -0.25) is 4.90 Å². The van der Waals surface area contributed by atoms with Crippen molar-refractivity contribution in [2.24, 2.45) is 11.7 Å². The van der Waals surface area contributed by atoms with Crippen molar-refractivity contribution in [3.8, 4) is 11.5 Å². The minimum absolute atomic E-state index is 0.184. The Morgan fingerprint density at radius 2 is 2.10 bits per heavy atom. The lowest BCUT2D eigenvalue weighted by molar-refractivity contribution is 0.169. The number of hydrogen-bond donors (Lipinski definition) is 1. The minimum Gasteiger partial charge on any atom is -0.486 e. The van der Waals surface area contributed by atoms with Gasteiger partial charge >= 0.3 is 0 Å². The third-order valence-electron chi connectivity index (χ3n) is 4.26. The van der Waals surface area contributed by atoms with Gasteiger partial charge in [0.25, 0.3) is 0 Å². The second-order valence-corrected chi connectivity index (χ2v) is 6.22. The molecular formula is C16H23ClN2O2. The molecule has 1 unspecified atom stereocenters. The van der Waals surface area contributed by atoms with Gasteiger partial charge in [-0.05, 0) is 43.0 Å². The summed E-state index contributed by atoms with van der Waals surface area (Å²) >= 11 is 6.35. The summed E-state index contributed by atoms with van der Waals surface area (Å²) in [6, 6.07) is 4.19. The monoisotopic (exact) mass is 310 g/mol. The highest BCUT2D eigenvalue weighted by Crippen LogP contribution is 2.41. The Kier molecular flexibility index (Phi) is 4.57. The van der Waals surface area contributed by atoms with Crippen molar-refractivity contribution in [3.63, 3.8) is 0 Å². The molecule has 0 spiro atoms. The normalized spacial score (nSPS) is 18.9. The maximum Gasteiger partial charge on any atom is 0.179 e. The van der Waals surface area contributed by atoms with Crippen LogP contribution in [-0.2, 0) is 0 Å². The Labute approximate surface area is 131 Å². The molecule has 1 aromatic carbocycles. The fourth-order valence-electron chi connectivity index (χ4n) is 2.93. The lowest BCUT2D eigenvalue weighted by Gasteiger charge is -2.31. The van der Waals surface area contributed by atoms with Crippen LogP contribution in [0.25, 0.3) is 0 Å². The Morgan fingerprint density at radius 1 is 1.33 bits per heavy atom. The second-order valence-electron chi connectivity index (χ2n) is 5.81. The fourth-order valence-corrected chi connectivity index (χ4v) is 3.20. The van der Waals surface area contributed by atoms with Crippen molar-refractivity contribution in [1.29, 1.82) is 0 Å². The summed E-state index contributed by atoms with van der Waals surface area (Å²) in [5.41, 5.74) is 7.17. The van der Waals surface area contributed by atoms with Crippen LogP contribution in [0.5, 0.6) is 11.5 Å². The molecule has 2 N–H and O–H groups in total. The van der Waals surface area contributed by atoms with Gasteiger partial charge in [0.15, 0.2) is 11.5 Å². The van der Waals surface area contributed by atoms with Crippen molar-refractivity contribution in [2.75, 3.05) is 32.8 Å². The molecule has 2 aliphatic rings. The van der Waals surface area contributed by atoms with Gasteiger partial charge in [-0.25, -0.2) is 0 Å². The van der Waals surface area contributed by atoms with Crippen LogP contribution in [0.4, 0.5) is 0 Å². The number of nitrogens with two attached hydrogens (primary N) is 1. The van der Waals surface area contributed by atoms with Crippen molar-refractivity contribution >= 4 is 11.6 Å². The van der Waals surface area contributed by atoms with E-state index in [9.17, 15) is 0 Å². The summed E-state index contributed by atoms with van der Waals surface area (Å²) in [4.78, 5) is 2.44. The molecule has 1 atom stereocenters. The number of halogens is 1. The molecule has 3 rings (SSSR count). The predicted octanol–water partition coefficient (Wildman–Crippen LogP) is 2.84. The topological polar surface area (TPSA) is 47.7 Å². The second kappa shape index (κ2) is 6.42. The average molecular weight is 311 g/mol. The van der Waals surface area contributed by atoms with Gasteiger partial charge in [-0.15, -0.1) is 0 Å². The van der Waals surface area contributed by atoms with E-state index < -0.39 is 0 Å². The molecule has 1 aromatic rings. The molecule has 0 aromatic heterocycles. The van der Waals surface area contributed by atoms with Crippen LogP contribution in [-0.4, -0.2) is 37.7 Å². The van der Waals surface area contributed by atoms with E-state index >= 15 is 0 Å². The van der Waals surface area contributed by atoms with Gasteiger partial charge in [-0.2, -0.15) is 0 Å². The van der Waals surface area contributed by atoms with Crippen LogP contribution in [0.15, 0.2) is 12.1 Å². The zero-order valence-electron chi connectivity index (χ0n) is 12.5. The van der Waals surface area contributed by atoms with Crippen molar-refractivity contribution in [3.05, 3.63) is 22.7 Å². The third-order valence-corrected chi connectivity index (χ3v) is 4.54. The van der Waals surface area contributed by atoms with E-state index in [-0.39, 0.29) is 6.04 Å². The smallest absolute Gasteiger partial charge is 0.179 e. The number of ether oxygens (including phenoxy) is 2. The number of hydrogen-bond acceptors (Lipinski definition) is 4. The average Bonchev–Trinajstić information content (AvgIpc) is 3.31. The molecule has 0 radical (unpaired) electrons. The minimum atomic E-state index is 0.184. The van der Waals surface area contributed by atoms with Crippen LogP contribution >= 0.6 is 11.6 Å². The van der Waals surface area contributed by atoms with E-state index in [0.717, 1.165) is 30.3 Å². The molecule has 1 aliphatic carbocycles. The fraction of sp³-hybridized carbons (Fsp3) is 0.625. The maximum absolute atomic E-state index is 6.35. The van der Waals surface area contributed by atoms with Gasteiger partial charge in [0, 0.05) is 19.1 Å². The third kappa shape index (κ3) is 3.28. The van der Waals surface area contributed by atoms with Crippen LogP contribution < -0.4 is 15.2 Å². The molecule has 4 nitrogen and oxygen atoms in total. The maximum atomic E-state index is 6.35. The van der Waals surface area contributed by atoms with Crippen LogP contribution in [0.2, 0.25) is 5.02 Å².